The molecule has 184 valence electrons. The number of aryl methyl sites for hydroxylation is 1. The number of carbonyl (C=O) groups excluding carboxylic acids is 1. The normalized spacial score (nSPS) is 14.5. The van der Waals surface area contributed by atoms with Gasteiger partial charge >= 0.3 is 0 Å². The molecule has 1 aliphatic rings. The average molecular weight is 481 g/mol. The van der Waals surface area contributed by atoms with Crippen molar-refractivity contribution >= 4 is 16.8 Å². The van der Waals surface area contributed by atoms with Crippen LogP contribution in [-0.4, -0.2) is 51.4 Å². The van der Waals surface area contributed by atoms with Gasteiger partial charge in [0.15, 0.2) is 0 Å². The lowest BCUT2D eigenvalue weighted by Gasteiger charge is -2.35. The fourth-order valence-corrected chi connectivity index (χ4v) is 4.86. The van der Waals surface area contributed by atoms with E-state index >= 15 is 0 Å². The summed E-state index contributed by atoms with van der Waals surface area (Å²) < 4.78 is 1.60. The first-order valence-electron chi connectivity index (χ1n) is 12.6. The van der Waals surface area contributed by atoms with Crippen molar-refractivity contribution < 1.29 is 4.79 Å². The van der Waals surface area contributed by atoms with E-state index in [0.29, 0.717) is 47.0 Å². The Morgan fingerprint density at radius 3 is 2.22 bits per heavy atom. The summed E-state index contributed by atoms with van der Waals surface area (Å²) in [5, 5.41) is 0.581. The summed E-state index contributed by atoms with van der Waals surface area (Å²) in [6.45, 7) is 10.3. The van der Waals surface area contributed by atoms with Crippen molar-refractivity contribution in [2.24, 2.45) is 0 Å². The molecule has 0 radical (unpaired) electrons. The zero-order valence-electron chi connectivity index (χ0n) is 21.1. The average Bonchev–Trinajstić information content (AvgIpc) is 2.89. The molecule has 6 nitrogen and oxygen atoms in total. The maximum atomic E-state index is 13.1. The summed E-state index contributed by atoms with van der Waals surface area (Å²) in [7, 11) is 0. The van der Waals surface area contributed by atoms with Crippen LogP contribution in [0.25, 0.3) is 16.6 Å². The van der Waals surface area contributed by atoms with E-state index in [-0.39, 0.29) is 11.5 Å². The van der Waals surface area contributed by atoms with Crippen molar-refractivity contribution in [1.82, 2.24) is 19.4 Å². The smallest absolute Gasteiger partial charge is 0.265 e. The lowest BCUT2D eigenvalue weighted by molar-refractivity contribution is 0.0628. The summed E-state index contributed by atoms with van der Waals surface area (Å²) >= 11 is 0. The molecule has 1 fully saturated rings. The number of hydrogen-bond donors (Lipinski definition) is 0. The number of fused-ring (bicyclic) bond motifs is 1. The molecule has 6 heteroatoms. The van der Waals surface area contributed by atoms with E-state index in [4.69, 9.17) is 0 Å². The summed E-state index contributed by atoms with van der Waals surface area (Å²) in [6.07, 6.45) is 0. The van der Waals surface area contributed by atoms with Gasteiger partial charge in [-0.1, -0.05) is 50.2 Å². The van der Waals surface area contributed by atoms with Gasteiger partial charge < -0.3 is 4.90 Å². The van der Waals surface area contributed by atoms with Crippen LogP contribution in [0.3, 0.4) is 0 Å². The monoisotopic (exact) mass is 480 g/mol. The first kappa shape index (κ1) is 23.9. The van der Waals surface area contributed by atoms with Gasteiger partial charge in [0.05, 0.1) is 16.6 Å². The Kier molecular flexibility index (Phi) is 6.70. The number of nitrogens with zero attached hydrogens (tertiary/aromatic N) is 4. The van der Waals surface area contributed by atoms with Crippen LogP contribution in [0, 0.1) is 6.92 Å². The SMILES string of the molecule is Cc1nc2ccccc2c(=O)n1-c1ccc(C(=O)N2CCN(Cc3ccc(C(C)C)cc3)CC2)cc1. The molecule has 36 heavy (non-hydrogen) atoms. The highest BCUT2D eigenvalue weighted by Gasteiger charge is 2.22. The summed E-state index contributed by atoms with van der Waals surface area (Å²) in [5.41, 5.74) is 4.60. The molecule has 0 aliphatic carbocycles. The molecule has 1 saturated heterocycles. The van der Waals surface area contributed by atoms with Crippen LogP contribution in [0.1, 0.15) is 47.1 Å². The van der Waals surface area contributed by atoms with Gasteiger partial charge in [0, 0.05) is 38.3 Å². The highest BCUT2D eigenvalue weighted by Crippen LogP contribution is 2.18. The Labute approximate surface area is 211 Å². The minimum absolute atomic E-state index is 0.0307. The zero-order chi connectivity index (χ0) is 25.2. The number of aromatic nitrogens is 2. The molecule has 0 unspecified atom stereocenters. The lowest BCUT2D eigenvalue weighted by Crippen LogP contribution is -2.48. The zero-order valence-corrected chi connectivity index (χ0v) is 21.1. The second-order valence-electron chi connectivity index (χ2n) is 9.83. The third kappa shape index (κ3) is 4.82. The number of piperazine rings is 1. The molecular formula is C30H32N4O2. The topological polar surface area (TPSA) is 58.4 Å². The van der Waals surface area contributed by atoms with Gasteiger partial charge in [-0.05, 0) is 60.4 Å². The van der Waals surface area contributed by atoms with E-state index in [0.717, 1.165) is 19.6 Å². The van der Waals surface area contributed by atoms with Crippen molar-refractivity contribution in [2.75, 3.05) is 26.2 Å². The number of carbonyl (C=O) groups is 1. The van der Waals surface area contributed by atoms with Crippen LogP contribution in [0.2, 0.25) is 0 Å². The van der Waals surface area contributed by atoms with Gasteiger partial charge in [0.2, 0.25) is 0 Å². The van der Waals surface area contributed by atoms with Crippen molar-refractivity contribution in [1.29, 1.82) is 0 Å². The largest absolute Gasteiger partial charge is 0.336 e. The number of rotatable bonds is 5. The van der Waals surface area contributed by atoms with E-state index in [9.17, 15) is 9.59 Å². The van der Waals surface area contributed by atoms with Gasteiger partial charge in [-0.15, -0.1) is 0 Å². The first-order chi connectivity index (χ1) is 17.4. The molecule has 4 aromatic rings. The number of hydrogen-bond acceptors (Lipinski definition) is 4. The maximum absolute atomic E-state index is 13.1. The molecule has 5 rings (SSSR count). The van der Waals surface area contributed by atoms with E-state index in [1.54, 1.807) is 22.8 Å². The predicted molar refractivity (Wildman–Crippen MR) is 144 cm³/mol. The lowest BCUT2D eigenvalue weighted by atomic mass is 10.0. The fraction of sp³-hybridized carbons (Fsp3) is 0.300. The van der Waals surface area contributed by atoms with E-state index in [1.165, 1.54) is 11.1 Å². The van der Waals surface area contributed by atoms with Crippen LogP contribution in [0.15, 0.2) is 77.6 Å². The number of benzene rings is 3. The second kappa shape index (κ2) is 10.1. The van der Waals surface area contributed by atoms with Gasteiger partial charge in [0.1, 0.15) is 5.82 Å². The van der Waals surface area contributed by atoms with E-state index in [2.05, 4.69) is 48.0 Å². The molecule has 0 atom stereocenters. The summed E-state index contributed by atoms with van der Waals surface area (Å²) in [4.78, 5) is 35.1. The molecular weight excluding hydrogens is 448 g/mol. The van der Waals surface area contributed by atoms with Crippen LogP contribution in [-0.2, 0) is 6.54 Å². The second-order valence-corrected chi connectivity index (χ2v) is 9.83. The summed E-state index contributed by atoms with van der Waals surface area (Å²) in [6, 6.07) is 23.5. The third-order valence-corrected chi connectivity index (χ3v) is 7.03. The molecule has 0 spiro atoms. The quantitative estimate of drug-likeness (QED) is 0.413. The molecule has 2 heterocycles. The van der Waals surface area contributed by atoms with Crippen LogP contribution in [0.5, 0.6) is 0 Å². The fourth-order valence-electron chi connectivity index (χ4n) is 4.86. The van der Waals surface area contributed by atoms with Gasteiger partial charge in [-0.25, -0.2) is 4.98 Å². The Bertz CT molecular complexity index is 1430. The molecule has 0 N–H and O–H groups in total. The van der Waals surface area contributed by atoms with E-state index < -0.39 is 0 Å². The first-order valence-corrected chi connectivity index (χ1v) is 12.6. The molecule has 1 aromatic heterocycles. The number of para-hydroxylation sites is 1. The molecule has 0 bridgehead atoms. The Balaban J connectivity index is 1.24. The predicted octanol–water partition coefficient (Wildman–Crippen LogP) is 4.78. The van der Waals surface area contributed by atoms with Crippen molar-refractivity contribution in [3.8, 4) is 5.69 Å². The minimum atomic E-state index is -0.104. The van der Waals surface area contributed by atoms with Crippen LogP contribution >= 0.6 is 0 Å². The summed E-state index contributed by atoms with van der Waals surface area (Å²) in [5.74, 6) is 1.19. The Morgan fingerprint density at radius 2 is 1.56 bits per heavy atom. The Hall–Kier alpha value is -3.77. The highest BCUT2D eigenvalue weighted by molar-refractivity contribution is 5.94. The third-order valence-electron chi connectivity index (χ3n) is 7.03. The molecule has 1 aliphatic heterocycles. The minimum Gasteiger partial charge on any atom is -0.336 e. The standard InChI is InChI=1S/C30H32N4O2/c1-21(2)24-10-8-23(9-11-24)20-32-16-18-33(19-17-32)29(35)25-12-14-26(15-13-25)34-22(3)31-28-7-5-4-6-27(28)30(34)36/h4-15,21H,16-20H2,1-3H3. The van der Waals surface area contributed by atoms with Gasteiger partial charge in [-0.3, -0.25) is 19.1 Å². The van der Waals surface area contributed by atoms with Gasteiger partial charge in [-0.2, -0.15) is 0 Å². The van der Waals surface area contributed by atoms with Crippen molar-refractivity contribution in [3.63, 3.8) is 0 Å². The van der Waals surface area contributed by atoms with Crippen molar-refractivity contribution in [2.45, 2.75) is 33.2 Å². The highest BCUT2D eigenvalue weighted by atomic mass is 16.2. The maximum Gasteiger partial charge on any atom is 0.265 e. The van der Waals surface area contributed by atoms with Crippen LogP contribution in [0.4, 0.5) is 0 Å². The van der Waals surface area contributed by atoms with Crippen LogP contribution < -0.4 is 5.56 Å². The Morgan fingerprint density at radius 1 is 0.889 bits per heavy atom. The van der Waals surface area contributed by atoms with Crippen molar-refractivity contribution in [3.05, 3.63) is 106 Å². The van der Waals surface area contributed by atoms with Gasteiger partial charge in [0.25, 0.3) is 11.5 Å². The van der Waals surface area contributed by atoms with E-state index in [1.807, 2.05) is 42.2 Å². The molecule has 1 amide bonds. The number of amides is 1. The molecule has 3 aromatic carbocycles. The molecule has 0 saturated carbocycles.